The van der Waals surface area contributed by atoms with Gasteiger partial charge in [-0.05, 0) is 38.8 Å². The van der Waals surface area contributed by atoms with Crippen LogP contribution >= 0.6 is 0 Å². The Labute approximate surface area is 100 Å². The monoisotopic (exact) mass is 228 g/mol. The molecule has 1 unspecified atom stereocenters. The van der Waals surface area contributed by atoms with Crippen molar-refractivity contribution in [1.82, 2.24) is 10.2 Å². The zero-order chi connectivity index (χ0) is 11.8. The number of aliphatic hydroxyl groups is 1. The molecular weight excluding hydrogens is 200 g/mol. The lowest BCUT2D eigenvalue weighted by molar-refractivity contribution is 0.106. The van der Waals surface area contributed by atoms with Gasteiger partial charge in [-0.1, -0.05) is 20.3 Å². The van der Waals surface area contributed by atoms with Crippen molar-refractivity contribution in [1.29, 1.82) is 0 Å². The second-order valence-corrected chi connectivity index (χ2v) is 4.94. The number of nitrogens with zero attached hydrogens (tertiary/aromatic N) is 1. The summed E-state index contributed by atoms with van der Waals surface area (Å²) < 4.78 is 0. The summed E-state index contributed by atoms with van der Waals surface area (Å²) in [7, 11) is 0. The van der Waals surface area contributed by atoms with E-state index in [1.54, 1.807) is 0 Å². The van der Waals surface area contributed by atoms with Crippen molar-refractivity contribution in [2.75, 3.05) is 26.2 Å². The summed E-state index contributed by atoms with van der Waals surface area (Å²) >= 11 is 0. The molecule has 0 saturated heterocycles. The maximum absolute atomic E-state index is 9.92. The first-order valence-corrected chi connectivity index (χ1v) is 6.90. The maximum atomic E-state index is 9.92. The number of hydrogen-bond acceptors (Lipinski definition) is 3. The molecule has 3 heteroatoms. The van der Waals surface area contributed by atoms with Gasteiger partial charge in [-0.15, -0.1) is 0 Å². The van der Waals surface area contributed by atoms with Crippen LogP contribution in [0.1, 0.15) is 46.0 Å². The molecule has 0 aromatic carbocycles. The molecule has 1 saturated carbocycles. The van der Waals surface area contributed by atoms with Crippen LogP contribution in [0.2, 0.25) is 0 Å². The minimum absolute atomic E-state index is 0.205. The van der Waals surface area contributed by atoms with E-state index in [-0.39, 0.29) is 6.10 Å². The quantitative estimate of drug-likeness (QED) is 0.558. The highest BCUT2D eigenvalue weighted by Crippen LogP contribution is 2.27. The molecule has 1 aliphatic rings. The van der Waals surface area contributed by atoms with Gasteiger partial charge in [-0.3, -0.25) is 4.90 Å². The third-order valence-electron chi connectivity index (χ3n) is 3.11. The molecule has 0 aromatic rings. The summed E-state index contributed by atoms with van der Waals surface area (Å²) in [5, 5.41) is 13.2. The molecule has 1 fully saturated rings. The SMILES string of the molecule is CCCCN(CC(O)CNCCC)C1CC1. The van der Waals surface area contributed by atoms with Crippen LogP contribution in [0.5, 0.6) is 0 Å². The fourth-order valence-electron chi connectivity index (χ4n) is 2.00. The molecule has 1 rings (SSSR count). The molecular formula is C13H28N2O. The van der Waals surface area contributed by atoms with Gasteiger partial charge in [0.05, 0.1) is 6.10 Å². The van der Waals surface area contributed by atoms with Crippen LogP contribution in [0.3, 0.4) is 0 Å². The second-order valence-electron chi connectivity index (χ2n) is 4.94. The zero-order valence-corrected chi connectivity index (χ0v) is 10.9. The van der Waals surface area contributed by atoms with Crippen molar-refractivity contribution in [2.24, 2.45) is 0 Å². The largest absolute Gasteiger partial charge is 0.390 e. The third kappa shape index (κ3) is 5.83. The topological polar surface area (TPSA) is 35.5 Å². The molecule has 0 heterocycles. The minimum atomic E-state index is -0.205. The molecule has 0 radical (unpaired) electrons. The molecule has 2 N–H and O–H groups in total. The molecule has 16 heavy (non-hydrogen) atoms. The fourth-order valence-corrected chi connectivity index (χ4v) is 2.00. The van der Waals surface area contributed by atoms with E-state index in [0.29, 0.717) is 0 Å². The van der Waals surface area contributed by atoms with Crippen LogP contribution in [0.15, 0.2) is 0 Å². The van der Waals surface area contributed by atoms with E-state index < -0.39 is 0 Å². The van der Waals surface area contributed by atoms with Crippen LogP contribution in [-0.4, -0.2) is 48.3 Å². The predicted molar refractivity (Wildman–Crippen MR) is 68.7 cm³/mol. The fraction of sp³-hybridized carbons (Fsp3) is 1.00. The summed E-state index contributed by atoms with van der Waals surface area (Å²) in [6.07, 6.45) is 6.09. The summed E-state index contributed by atoms with van der Waals surface area (Å²) in [4.78, 5) is 2.47. The Morgan fingerprint density at radius 3 is 2.62 bits per heavy atom. The van der Waals surface area contributed by atoms with Crippen molar-refractivity contribution in [3.05, 3.63) is 0 Å². The van der Waals surface area contributed by atoms with Gasteiger partial charge in [-0.2, -0.15) is 0 Å². The Balaban J connectivity index is 2.14. The minimum Gasteiger partial charge on any atom is -0.390 e. The molecule has 0 spiro atoms. The standard InChI is InChI=1S/C13H28N2O/c1-3-5-9-15(12-6-7-12)11-13(16)10-14-8-4-2/h12-14,16H,3-11H2,1-2H3. The lowest BCUT2D eigenvalue weighted by Crippen LogP contribution is -2.40. The Morgan fingerprint density at radius 1 is 1.31 bits per heavy atom. The summed E-state index contributed by atoms with van der Waals surface area (Å²) in [5.41, 5.74) is 0. The van der Waals surface area contributed by atoms with Crippen molar-refractivity contribution in [3.8, 4) is 0 Å². The number of aliphatic hydroxyl groups excluding tert-OH is 1. The van der Waals surface area contributed by atoms with Crippen LogP contribution in [-0.2, 0) is 0 Å². The lowest BCUT2D eigenvalue weighted by atomic mass is 10.2. The van der Waals surface area contributed by atoms with Gasteiger partial charge in [0.1, 0.15) is 0 Å². The Kier molecular flexibility index (Phi) is 7.01. The van der Waals surface area contributed by atoms with Gasteiger partial charge in [0, 0.05) is 19.1 Å². The first-order valence-electron chi connectivity index (χ1n) is 6.90. The average Bonchev–Trinajstić information content (AvgIpc) is 3.08. The molecule has 0 aliphatic heterocycles. The van der Waals surface area contributed by atoms with E-state index in [0.717, 1.165) is 38.6 Å². The van der Waals surface area contributed by atoms with E-state index in [1.807, 2.05) is 0 Å². The molecule has 3 nitrogen and oxygen atoms in total. The Morgan fingerprint density at radius 2 is 2.06 bits per heavy atom. The van der Waals surface area contributed by atoms with Crippen molar-refractivity contribution in [3.63, 3.8) is 0 Å². The lowest BCUT2D eigenvalue weighted by Gasteiger charge is -2.24. The van der Waals surface area contributed by atoms with Crippen molar-refractivity contribution >= 4 is 0 Å². The molecule has 96 valence electrons. The Bertz CT molecular complexity index is 171. The third-order valence-corrected chi connectivity index (χ3v) is 3.11. The van der Waals surface area contributed by atoms with Crippen LogP contribution < -0.4 is 5.32 Å². The highest BCUT2D eigenvalue weighted by atomic mass is 16.3. The van der Waals surface area contributed by atoms with Gasteiger partial charge >= 0.3 is 0 Å². The number of rotatable bonds is 10. The van der Waals surface area contributed by atoms with E-state index in [2.05, 4.69) is 24.1 Å². The van der Waals surface area contributed by atoms with Gasteiger partial charge in [0.2, 0.25) is 0 Å². The first kappa shape index (κ1) is 13.9. The normalized spacial score (nSPS) is 18.0. The van der Waals surface area contributed by atoms with Crippen LogP contribution in [0.4, 0.5) is 0 Å². The number of unbranched alkanes of at least 4 members (excludes halogenated alkanes) is 1. The first-order chi connectivity index (χ1) is 7.77. The maximum Gasteiger partial charge on any atom is 0.0791 e. The van der Waals surface area contributed by atoms with Gasteiger partial charge in [0.25, 0.3) is 0 Å². The highest BCUT2D eigenvalue weighted by Gasteiger charge is 2.29. The number of hydrogen-bond donors (Lipinski definition) is 2. The zero-order valence-electron chi connectivity index (χ0n) is 10.9. The van der Waals surface area contributed by atoms with E-state index >= 15 is 0 Å². The molecule has 0 amide bonds. The molecule has 0 aromatic heterocycles. The van der Waals surface area contributed by atoms with E-state index in [4.69, 9.17) is 0 Å². The van der Waals surface area contributed by atoms with Crippen molar-refractivity contribution < 1.29 is 5.11 Å². The predicted octanol–water partition coefficient (Wildman–Crippen LogP) is 1.61. The molecule has 0 bridgehead atoms. The molecule has 1 atom stereocenters. The smallest absolute Gasteiger partial charge is 0.0791 e. The summed E-state index contributed by atoms with van der Waals surface area (Å²) in [6.45, 7) is 8.13. The average molecular weight is 228 g/mol. The van der Waals surface area contributed by atoms with E-state index in [1.165, 1.54) is 25.7 Å². The van der Waals surface area contributed by atoms with Gasteiger partial charge in [0.15, 0.2) is 0 Å². The molecule has 1 aliphatic carbocycles. The van der Waals surface area contributed by atoms with Gasteiger partial charge in [-0.25, -0.2) is 0 Å². The Hall–Kier alpha value is -0.120. The van der Waals surface area contributed by atoms with Crippen LogP contribution in [0.25, 0.3) is 0 Å². The second kappa shape index (κ2) is 8.04. The highest BCUT2D eigenvalue weighted by molar-refractivity contribution is 4.85. The van der Waals surface area contributed by atoms with Crippen LogP contribution in [0, 0.1) is 0 Å². The number of nitrogens with one attached hydrogen (secondary N) is 1. The summed E-state index contributed by atoms with van der Waals surface area (Å²) in [6, 6.07) is 0.771. The summed E-state index contributed by atoms with van der Waals surface area (Å²) in [5.74, 6) is 0. The van der Waals surface area contributed by atoms with E-state index in [9.17, 15) is 5.11 Å². The van der Waals surface area contributed by atoms with Gasteiger partial charge < -0.3 is 10.4 Å². The van der Waals surface area contributed by atoms with Crippen molar-refractivity contribution in [2.45, 2.75) is 58.1 Å².